The minimum Gasteiger partial charge on any atom is -0.151 e. The minimum absolute atomic E-state index is 0.781. The summed E-state index contributed by atoms with van der Waals surface area (Å²) in [6.07, 6.45) is 3.59. The van der Waals surface area contributed by atoms with Crippen LogP contribution in [-0.4, -0.2) is 0 Å². The highest BCUT2D eigenvalue weighted by Crippen LogP contribution is 2.40. The Morgan fingerprint density at radius 3 is 1.42 bits per heavy atom. The van der Waals surface area contributed by atoms with E-state index < -0.39 is 0 Å². The third-order valence-corrected chi connectivity index (χ3v) is 5.84. The van der Waals surface area contributed by atoms with Crippen LogP contribution in [0.25, 0.3) is 12.2 Å². The van der Waals surface area contributed by atoms with Crippen molar-refractivity contribution in [3.05, 3.63) is 121 Å². The average molecular weight is 447 g/mol. The first kappa shape index (κ1) is 22.1. The van der Waals surface area contributed by atoms with Gasteiger partial charge in [0, 0.05) is 9.79 Å². The predicted octanol–water partition coefficient (Wildman–Crippen LogP) is 9.95. The van der Waals surface area contributed by atoms with E-state index in [0.29, 0.717) is 0 Å². The molecule has 160 valence electrons. The number of azo groups is 2. The molecule has 0 saturated heterocycles. The molecule has 0 amide bonds. The van der Waals surface area contributed by atoms with Crippen LogP contribution in [0.2, 0.25) is 0 Å². The molecular weight excluding hydrogens is 424 g/mol. The molecule has 4 aromatic rings. The van der Waals surface area contributed by atoms with Crippen LogP contribution in [0.5, 0.6) is 0 Å². The average Bonchev–Trinajstić information content (AvgIpc) is 2.88. The van der Waals surface area contributed by atoms with E-state index in [2.05, 4.69) is 33.6 Å². The third kappa shape index (κ3) is 5.99. The second-order valence-electron chi connectivity index (χ2n) is 7.04. The largest absolute Gasteiger partial charge is 0.151 e. The standard InChI is InChI=1S/C28H22N4S/c1-3-21-11-9-13-23(19-21)29-31-25-15-5-7-17-27(25)33-28-18-8-6-16-26(28)32-30-24-14-10-12-22(4-2)20-24/h3-20H,1-2H2. The highest BCUT2D eigenvalue weighted by molar-refractivity contribution is 7.99. The molecule has 0 bridgehead atoms. The Balaban J connectivity index is 1.59. The summed E-state index contributed by atoms with van der Waals surface area (Å²) in [7, 11) is 0. The molecule has 4 rings (SSSR count). The van der Waals surface area contributed by atoms with Crippen LogP contribution in [0.1, 0.15) is 11.1 Å². The smallest absolute Gasteiger partial charge is 0.0996 e. The van der Waals surface area contributed by atoms with Crippen molar-refractivity contribution in [2.24, 2.45) is 20.5 Å². The van der Waals surface area contributed by atoms with Gasteiger partial charge >= 0.3 is 0 Å². The van der Waals surface area contributed by atoms with Crippen molar-refractivity contribution in [3.8, 4) is 0 Å². The van der Waals surface area contributed by atoms with Gasteiger partial charge in [-0.25, -0.2) is 0 Å². The van der Waals surface area contributed by atoms with Gasteiger partial charge in [-0.2, -0.15) is 10.2 Å². The molecule has 4 nitrogen and oxygen atoms in total. The summed E-state index contributed by atoms with van der Waals surface area (Å²) in [4.78, 5) is 1.97. The highest BCUT2D eigenvalue weighted by Gasteiger charge is 2.08. The summed E-state index contributed by atoms with van der Waals surface area (Å²) in [6.45, 7) is 7.61. The van der Waals surface area contributed by atoms with E-state index in [9.17, 15) is 0 Å². The van der Waals surface area contributed by atoms with Gasteiger partial charge in [-0.15, -0.1) is 10.2 Å². The maximum atomic E-state index is 4.50. The first-order valence-electron chi connectivity index (χ1n) is 10.4. The topological polar surface area (TPSA) is 49.4 Å². The zero-order valence-electron chi connectivity index (χ0n) is 18.0. The number of nitrogens with zero attached hydrogens (tertiary/aromatic N) is 4. The zero-order chi connectivity index (χ0) is 22.9. The first-order valence-corrected chi connectivity index (χ1v) is 11.2. The Morgan fingerprint density at radius 2 is 0.970 bits per heavy atom. The summed E-state index contributed by atoms with van der Waals surface area (Å²) in [5, 5.41) is 17.8. The van der Waals surface area contributed by atoms with Crippen LogP contribution in [0.4, 0.5) is 22.7 Å². The van der Waals surface area contributed by atoms with Crippen LogP contribution in [-0.2, 0) is 0 Å². The van der Waals surface area contributed by atoms with Crippen molar-refractivity contribution in [2.45, 2.75) is 9.79 Å². The lowest BCUT2D eigenvalue weighted by molar-refractivity contribution is 1.18. The highest BCUT2D eigenvalue weighted by atomic mass is 32.2. The maximum absolute atomic E-state index is 4.50. The molecule has 33 heavy (non-hydrogen) atoms. The molecule has 0 aliphatic heterocycles. The Hall–Kier alpha value is -4.09. The Labute approximate surface area is 198 Å². The summed E-state index contributed by atoms with van der Waals surface area (Å²) < 4.78 is 0. The lowest BCUT2D eigenvalue weighted by Crippen LogP contribution is -1.77. The van der Waals surface area contributed by atoms with Crippen molar-refractivity contribution in [1.29, 1.82) is 0 Å². The summed E-state index contributed by atoms with van der Waals surface area (Å²) in [5.74, 6) is 0. The van der Waals surface area contributed by atoms with E-state index in [0.717, 1.165) is 43.7 Å². The molecule has 0 atom stereocenters. The molecule has 0 aliphatic carbocycles. The van der Waals surface area contributed by atoms with Gasteiger partial charge in [-0.05, 0) is 59.7 Å². The van der Waals surface area contributed by atoms with Crippen LogP contribution < -0.4 is 0 Å². The van der Waals surface area contributed by atoms with Crippen molar-refractivity contribution >= 4 is 46.7 Å². The van der Waals surface area contributed by atoms with Gasteiger partial charge < -0.3 is 0 Å². The molecule has 0 heterocycles. The number of benzene rings is 4. The van der Waals surface area contributed by atoms with E-state index in [1.165, 1.54) is 0 Å². The fraction of sp³-hybridized carbons (Fsp3) is 0. The molecule has 0 N–H and O–H groups in total. The molecule has 0 radical (unpaired) electrons. The number of hydrogen-bond donors (Lipinski definition) is 0. The molecule has 0 aliphatic rings. The fourth-order valence-electron chi connectivity index (χ4n) is 3.02. The SMILES string of the molecule is C=Cc1cccc(N=Nc2ccccc2Sc2ccccc2N=Nc2cccc(C=C)c2)c1. The molecule has 0 aromatic heterocycles. The van der Waals surface area contributed by atoms with Gasteiger partial charge in [0.1, 0.15) is 0 Å². The van der Waals surface area contributed by atoms with E-state index in [-0.39, 0.29) is 0 Å². The zero-order valence-corrected chi connectivity index (χ0v) is 18.8. The van der Waals surface area contributed by atoms with E-state index >= 15 is 0 Å². The van der Waals surface area contributed by atoms with Crippen molar-refractivity contribution < 1.29 is 0 Å². The van der Waals surface area contributed by atoms with Crippen LogP contribution in [0, 0.1) is 0 Å². The van der Waals surface area contributed by atoms with Gasteiger partial charge in [-0.1, -0.05) is 85.6 Å². The fourth-order valence-corrected chi connectivity index (χ4v) is 3.98. The monoisotopic (exact) mass is 446 g/mol. The molecule has 4 aromatic carbocycles. The molecule has 0 saturated carbocycles. The number of rotatable bonds is 8. The summed E-state index contributed by atoms with van der Waals surface area (Å²) in [5.41, 5.74) is 5.15. The van der Waals surface area contributed by atoms with Gasteiger partial charge in [0.2, 0.25) is 0 Å². The van der Waals surface area contributed by atoms with Gasteiger partial charge in [0.05, 0.1) is 22.7 Å². The molecular formula is C28H22N4S. The molecule has 0 fully saturated rings. The molecule has 0 spiro atoms. The maximum Gasteiger partial charge on any atom is 0.0996 e. The van der Waals surface area contributed by atoms with E-state index in [1.54, 1.807) is 23.9 Å². The lowest BCUT2D eigenvalue weighted by atomic mass is 10.2. The predicted molar refractivity (Wildman–Crippen MR) is 138 cm³/mol. The second kappa shape index (κ2) is 11.0. The van der Waals surface area contributed by atoms with Crippen molar-refractivity contribution in [2.75, 3.05) is 0 Å². The minimum atomic E-state index is 0.781. The van der Waals surface area contributed by atoms with Crippen LogP contribution >= 0.6 is 11.8 Å². The summed E-state index contributed by atoms with van der Waals surface area (Å²) >= 11 is 1.59. The Bertz CT molecular complexity index is 1240. The molecule has 0 unspecified atom stereocenters. The third-order valence-electron chi connectivity index (χ3n) is 4.71. The summed E-state index contributed by atoms with van der Waals surface area (Å²) in [6, 6.07) is 31.4. The second-order valence-corrected chi connectivity index (χ2v) is 8.12. The Morgan fingerprint density at radius 1 is 0.515 bits per heavy atom. The van der Waals surface area contributed by atoms with Crippen LogP contribution in [0.3, 0.4) is 0 Å². The van der Waals surface area contributed by atoms with E-state index in [4.69, 9.17) is 0 Å². The Kier molecular flexibility index (Phi) is 7.36. The number of hydrogen-bond acceptors (Lipinski definition) is 5. The van der Waals surface area contributed by atoms with Crippen molar-refractivity contribution in [1.82, 2.24) is 0 Å². The van der Waals surface area contributed by atoms with Gasteiger partial charge in [0.15, 0.2) is 0 Å². The first-order chi connectivity index (χ1) is 16.2. The normalized spacial score (nSPS) is 11.2. The van der Waals surface area contributed by atoms with Gasteiger partial charge in [-0.3, -0.25) is 0 Å². The lowest BCUT2D eigenvalue weighted by Gasteiger charge is -2.07. The van der Waals surface area contributed by atoms with Crippen molar-refractivity contribution in [3.63, 3.8) is 0 Å². The molecule has 5 heteroatoms. The van der Waals surface area contributed by atoms with Gasteiger partial charge in [0.25, 0.3) is 0 Å². The van der Waals surface area contributed by atoms with Crippen LogP contribution in [0.15, 0.2) is 140 Å². The van der Waals surface area contributed by atoms with E-state index in [1.807, 2.05) is 97.1 Å². The quantitative estimate of drug-likeness (QED) is 0.248.